The molecule has 14 heteroatoms. The number of nitrogen functional groups attached to an aromatic ring is 1. The van der Waals surface area contributed by atoms with E-state index in [1.54, 1.807) is 29.8 Å². The smallest absolute Gasteiger partial charge is 0.245 e. The van der Waals surface area contributed by atoms with Crippen LogP contribution in [-0.4, -0.2) is 84.5 Å². The predicted octanol–water partition coefficient (Wildman–Crippen LogP) is 3.39. The molecule has 0 amide bonds. The van der Waals surface area contributed by atoms with Crippen molar-refractivity contribution in [2.45, 2.75) is 36.5 Å². The molecule has 2 fully saturated rings. The minimum absolute atomic E-state index is 0.0137. The van der Waals surface area contributed by atoms with E-state index in [4.69, 9.17) is 29.7 Å². The molecule has 50 heavy (non-hydrogen) atoms. The Labute approximate surface area is 288 Å². The SMILES string of the molecule is COc1ccc(C(OC[C@@]23CN(c4nc(C)n(C)n4)[C@@H]([C@H](n4cnc5c(N)ncnc54)O2)[C@@H]3O)(c2ccccc2)c2ccc(OC)cc2)cc1. The van der Waals surface area contributed by atoms with Gasteiger partial charge in [0, 0.05) is 7.05 Å². The fourth-order valence-electron chi connectivity index (χ4n) is 7.22. The number of imidazole rings is 1. The Kier molecular flexibility index (Phi) is 7.66. The van der Waals surface area contributed by atoms with E-state index < -0.39 is 29.6 Å². The van der Waals surface area contributed by atoms with Crippen molar-refractivity contribution in [1.82, 2.24) is 34.3 Å². The molecule has 0 unspecified atom stereocenters. The molecule has 0 radical (unpaired) electrons. The largest absolute Gasteiger partial charge is 0.497 e. The van der Waals surface area contributed by atoms with Crippen molar-refractivity contribution >= 4 is 22.9 Å². The van der Waals surface area contributed by atoms with Gasteiger partial charge in [-0.05, 0) is 47.9 Å². The van der Waals surface area contributed by atoms with Gasteiger partial charge in [-0.3, -0.25) is 9.25 Å². The monoisotopic (exact) mass is 675 g/mol. The Balaban J connectivity index is 1.26. The first kappa shape index (κ1) is 31.7. The highest BCUT2D eigenvalue weighted by Crippen LogP contribution is 2.50. The molecule has 256 valence electrons. The van der Waals surface area contributed by atoms with Crippen LogP contribution in [0.5, 0.6) is 11.5 Å². The standard InChI is InChI=1S/C36H37N9O5/c1-22-41-34(42-43(22)2)44-18-35(30(46)29(44)33(50-35)45-21-40-28-31(37)38-20-39-32(28)45)19-49-36(23-8-6-5-7-9-23,24-10-14-26(47-3)15-11-24)25-12-16-27(48-4)17-13-25/h5-17,20-21,29-30,33,46H,18-19H2,1-4H3,(H2,37,38,39)/t29-,30+,33-,35-/m1/s1. The van der Waals surface area contributed by atoms with Crippen molar-refractivity contribution in [3.63, 3.8) is 0 Å². The molecule has 0 aliphatic carbocycles. The predicted molar refractivity (Wildman–Crippen MR) is 184 cm³/mol. The highest BCUT2D eigenvalue weighted by Gasteiger charge is 2.66. The first-order valence-corrected chi connectivity index (χ1v) is 16.2. The van der Waals surface area contributed by atoms with Crippen LogP contribution in [0.3, 0.4) is 0 Å². The van der Waals surface area contributed by atoms with E-state index in [1.807, 2.05) is 97.7 Å². The summed E-state index contributed by atoms with van der Waals surface area (Å²) in [6, 6.07) is 25.0. The van der Waals surface area contributed by atoms with Crippen molar-refractivity contribution in [3.05, 3.63) is 114 Å². The summed E-state index contributed by atoms with van der Waals surface area (Å²) in [6.45, 7) is 2.13. The minimum atomic E-state index is -1.23. The van der Waals surface area contributed by atoms with Crippen molar-refractivity contribution in [2.75, 3.05) is 38.0 Å². The number of aryl methyl sites for hydroxylation is 2. The van der Waals surface area contributed by atoms with Gasteiger partial charge in [0.2, 0.25) is 5.95 Å². The van der Waals surface area contributed by atoms with Gasteiger partial charge in [0.05, 0.1) is 33.7 Å². The van der Waals surface area contributed by atoms with E-state index in [9.17, 15) is 5.11 Å². The van der Waals surface area contributed by atoms with Crippen molar-refractivity contribution in [3.8, 4) is 11.5 Å². The average Bonchev–Trinajstić information content (AvgIpc) is 3.89. The molecular formula is C36H37N9O5. The summed E-state index contributed by atoms with van der Waals surface area (Å²) in [4.78, 5) is 19.8. The number of hydrogen-bond donors (Lipinski definition) is 2. The van der Waals surface area contributed by atoms with Gasteiger partial charge in [-0.2, -0.15) is 4.98 Å². The van der Waals surface area contributed by atoms with Gasteiger partial charge in [-0.1, -0.05) is 54.6 Å². The Morgan fingerprint density at radius 3 is 2.16 bits per heavy atom. The van der Waals surface area contributed by atoms with Crippen LogP contribution in [0.2, 0.25) is 0 Å². The van der Waals surface area contributed by atoms with Gasteiger partial charge < -0.3 is 34.7 Å². The van der Waals surface area contributed by atoms with E-state index in [0.29, 0.717) is 28.6 Å². The van der Waals surface area contributed by atoms with E-state index in [1.165, 1.54) is 6.33 Å². The molecule has 2 aliphatic rings. The number of nitrogens with zero attached hydrogens (tertiary/aromatic N) is 8. The summed E-state index contributed by atoms with van der Waals surface area (Å²) < 4.78 is 28.7. The zero-order valence-corrected chi connectivity index (χ0v) is 28.0. The quantitative estimate of drug-likeness (QED) is 0.204. The number of hydrogen-bond acceptors (Lipinski definition) is 12. The third kappa shape index (κ3) is 4.86. The zero-order chi connectivity index (χ0) is 34.6. The summed E-state index contributed by atoms with van der Waals surface area (Å²) in [5.41, 5.74) is 7.31. The second-order valence-corrected chi connectivity index (χ2v) is 12.6. The summed E-state index contributed by atoms with van der Waals surface area (Å²) in [7, 11) is 5.11. The second-order valence-electron chi connectivity index (χ2n) is 12.6. The number of fused-ring (bicyclic) bond motifs is 3. The van der Waals surface area contributed by atoms with Crippen molar-refractivity contribution in [2.24, 2.45) is 7.05 Å². The Hall–Kier alpha value is -5.57. The zero-order valence-electron chi connectivity index (χ0n) is 28.0. The van der Waals surface area contributed by atoms with E-state index in [2.05, 4.69) is 20.1 Å². The van der Waals surface area contributed by atoms with Crippen molar-refractivity contribution in [1.29, 1.82) is 0 Å². The van der Waals surface area contributed by atoms with Gasteiger partial charge in [-0.15, -0.1) is 5.10 Å². The molecule has 2 bridgehead atoms. The molecule has 0 spiro atoms. The number of aliphatic hydroxyl groups is 1. The molecule has 3 aromatic carbocycles. The van der Waals surface area contributed by atoms with Crippen LogP contribution < -0.4 is 20.1 Å². The summed E-state index contributed by atoms with van der Waals surface area (Å²) in [6.07, 6.45) is 1.24. The highest BCUT2D eigenvalue weighted by molar-refractivity contribution is 5.81. The third-order valence-electron chi connectivity index (χ3n) is 9.90. The van der Waals surface area contributed by atoms with Crippen molar-refractivity contribution < 1.29 is 24.1 Å². The summed E-state index contributed by atoms with van der Waals surface area (Å²) in [5.74, 6) is 2.89. The van der Waals surface area contributed by atoms with E-state index in [0.717, 1.165) is 22.5 Å². The minimum Gasteiger partial charge on any atom is -0.497 e. The van der Waals surface area contributed by atoms with Crippen LogP contribution in [0.25, 0.3) is 11.2 Å². The highest BCUT2D eigenvalue weighted by atomic mass is 16.6. The van der Waals surface area contributed by atoms with Crippen LogP contribution in [0, 0.1) is 6.92 Å². The molecule has 3 N–H and O–H groups in total. The summed E-state index contributed by atoms with van der Waals surface area (Å²) >= 11 is 0. The van der Waals surface area contributed by atoms with Gasteiger partial charge in [-0.25, -0.2) is 15.0 Å². The van der Waals surface area contributed by atoms with Crippen LogP contribution >= 0.6 is 0 Å². The lowest BCUT2D eigenvalue weighted by atomic mass is 9.79. The van der Waals surface area contributed by atoms with E-state index in [-0.39, 0.29) is 19.0 Å². The fourth-order valence-corrected chi connectivity index (χ4v) is 7.22. The maximum atomic E-state index is 12.3. The number of anilines is 2. The topological polar surface area (TPSA) is 161 Å². The lowest BCUT2D eigenvalue weighted by molar-refractivity contribution is -0.157. The molecule has 5 heterocycles. The molecule has 8 rings (SSSR count). The molecule has 2 saturated heterocycles. The molecule has 3 aromatic heterocycles. The van der Waals surface area contributed by atoms with Gasteiger partial charge in [0.1, 0.15) is 52.5 Å². The number of nitrogens with two attached hydrogens (primary N) is 1. The first-order chi connectivity index (χ1) is 24.3. The first-order valence-electron chi connectivity index (χ1n) is 16.2. The third-order valence-corrected chi connectivity index (χ3v) is 9.90. The normalized spacial score (nSPS) is 21.6. The Morgan fingerprint density at radius 2 is 1.56 bits per heavy atom. The molecule has 2 aliphatic heterocycles. The maximum Gasteiger partial charge on any atom is 0.245 e. The van der Waals surface area contributed by atoms with E-state index >= 15 is 0 Å². The summed E-state index contributed by atoms with van der Waals surface area (Å²) in [5, 5.41) is 17.0. The van der Waals surface area contributed by atoms with Gasteiger partial charge in [0.15, 0.2) is 17.7 Å². The number of methoxy groups -OCH3 is 2. The van der Waals surface area contributed by atoms with Gasteiger partial charge in [0.25, 0.3) is 0 Å². The van der Waals surface area contributed by atoms with Gasteiger partial charge >= 0.3 is 0 Å². The van der Waals surface area contributed by atoms with Crippen LogP contribution in [0.1, 0.15) is 28.7 Å². The lowest BCUT2D eigenvalue weighted by Crippen LogP contribution is -2.51. The molecule has 0 saturated carbocycles. The van der Waals surface area contributed by atoms with Crippen LogP contribution in [0.15, 0.2) is 91.5 Å². The number of aromatic nitrogens is 7. The number of benzene rings is 3. The Morgan fingerprint density at radius 1 is 0.920 bits per heavy atom. The van der Waals surface area contributed by atoms with Crippen LogP contribution in [-0.2, 0) is 22.1 Å². The number of morpholine rings is 1. The Bertz CT molecular complexity index is 2070. The van der Waals surface area contributed by atoms with Crippen LogP contribution in [0.4, 0.5) is 11.8 Å². The average molecular weight is 676 g/mol. The molecule has 14 nitrogen and oxygen atoms in total. The number of rotatable bonds is 10. The maximum absolute atomic E-state index is 12.3. The number of aliphatic hydroxyl groups excluding tert-OH is 1. The fraction of sp³-hybridized carbons (Fsp3) is 0.306. The number of ether oxygens (including phenoxy) is 4. The lowest BCUT2D eigenvalue weighted by Gasteiger charge is -2.41. The molecule has 4 atom stereocenters. The second kappa shape index (κ2) is 12.1. The molecular weight excluding hydrogens is 638 g/mol. The molecule has 6 aromatic rings.